The SMILES string of the molecule is CC1CC(C)CN(CCc2csc(N)n2)C1. The Balaban J connectivity index is 1.81. The van der Waals surface area contributed by atoms with E-state index in [1.165, 1.54) is 19.5 Å². The monoisotopic (exact) mass is 239 g/mol. The molecule has 0 aliphatic carbocycles. The van der Waals surface area contributed by atoms with E-state index in [-0.39, 0.29) is 0 Å². The number of thiazole rings is 1. The van der Waals surface area contributed by atoms with Gasteiger partial charge in [-0.25, -0.2) is 4.98 Å². The summed E-state index contributed by atoms with van der Waals surface area (Å²) in [6.07, 6.45) is 2.41. The molecule has 0 spiro atoms. The highest BCUT2D eigenvalue weighted by atomic mass is 32.1. The van der Waals surface area contributed by atoms with Gasteiger partial charge in [0, 0.05) is 31.4 Å². The molecule has 90 valence electrons. The molecule has 2 N–H and O–H groups in total. The zero-order chi connectivity index (χ0) is 11.5. The summed E-state index contributed by atoms with van der Waals surface area (Å²) in [5.74, 6) is 1.67. The van der Waals surface area contributed by atoms with Gasteiger partial charge in [-0.1, -0.05) is 13.8 Å². The smallest absolute Gasteiger partial charge is 0.180 e. The molecule has 2 unspecified atom stereocenters. The van der Waals surface area contributed by atoms with Crippen molar-refractivity contribution >= 4 is 16.5 Å². The van der Waals surface area contributed by atoms with Gasteiger partial charge in [0.05, 0.1) is 5.69 Å². The van der Waals surface area contributed by atoms with Gasteiger partial charge in [-0.2, -0.15) is 0 Å². The van der Waals surface area contributed by atoms with Gasteiger partial charge in [0.2, 0.25) is 0 Å². The number of likely N-dealkylation sites (tertiary alicyclic amines) is 1. The topological polar surface area (TPSA) is 42.1 Å². The van der Waals surface area contributed by atoms with Gasteiger partial charge >= 0.3 is 0 Å². The third kappa shape index (κ3) is 3.19. The van der Waals surface area contributed by atoms with Crippen molar-refractivity contribution in [1.29, 1.82) is 0 Å². The number of nitrogens with zero attached hydrogens (tertiary/aromatic N) is 2. The molecule has 1 fully saturated rings. The summed E-state index contributed by atoms with van der Waals surface area (Å²) in [6.45, 7) is 8.30. The first-order chi connectivity index (χ1) is 7.63. The van der Waals surface area contributed by atoms with Gasteiger partial charge in [0.15, 0.2) is 5.13 Å². The lowest BCUT2D eigenvalue weighted by atomic mass is 9.92. The van der Waals surface area contributed by atoms with Gasteiger partial charge in [0.25, 0.3) is 0 Å². The van der Waals surface area contributed by atoms with Crippen LogP contribution in [0.25, 0.3) is 0 Å². The van der Waals surface area contributed by atoms with Crippen LogP contribution in [0, 0.1) is 11.8 Å². The Labute approximate surface area is 102 Å². The van der Waals surface area contributed by atoms with Gasteiger partial charge in [-0.05, 0) is 18.3 Å². The summed E-state index contributed by atoms with van der Waals surface area (Å²) in [4.78, 5) is 6.87. The largest absolute Gasteiger partial charge is 0.375 e. The second-order valence-electron chi connectivity index (χ2n) is 5.13. The van der Waals surface area contributed by atoms with Crippen LogP contribution in [0.2, 0.25) is 0 Å². The molecule has 4 heteroatoms. The summed E-state index contributed by atoms with van der Waals surface area (Å²) >= 11 is 1.54. The molecule has 16 heavy (non-hydrogen) atoms. The molecule has 0 radical (unpaired) electrons. The molecular weight excluding hydrogens is 218 g/mol. The summed E-state index contributed by atoms with van der Waals surface area (Å²) in [5, 5.41) is 2.77. The molecule has 2 heterocycles. The third-order valence-corrected chi connectivity index (χ3v) is 3.92. The van der Waals surface area contributed by atoms with Crippen LogP contribution in [0.3, 0.4) is 0 Å². The standard InChI is InChI=1S/C12H21N3S/c1-9-5-10(2)7-15(6-9)4-3-11-8-16-12(13)14-11/h8-10H,3-7H2,1-2H3,(H2,13,14). The lowest BCUT2D eigenvalue weighted by Gasteiger charge is -2.34. The molecule has 0 bridgehead atoms. The van der Waals surface area contributed by atoms with Crippen molar-refractivity contribution in [2.24, 2.45) is 11.8 Å². The second kappa shape index (κ2) is 5.15. The van der Waals surface area contributed by atoms with Gasteiger partial charge in [0.1, 0.15) is 0 Å². The maximum absolute atomic E-state index is 5.63. The third-order valence-electron chi connectivity index (χ3n) is 3.20. The van der Waals surface area contributed by atoms with Crippen molar-refractivity contribution < 1.29 is 0 Å². The lowest BCUT2D eigenvalue weighted by molar-refractivity contribution is 0.142. The first-order valence-corrected chi connectivity index (χ1v) is 6.93. The molecule has 1 aliphatic heterocycles. The number of rotatable bonds is 3. The normalized spacial score (nSPS) is 27.1. The number of nitrogens with two attached hydrogens (primary N) is 1. The summed E-state index contributed by atoms with van der Waals surface area (Å²) in [6, 6.07) is 0. The minimum atomic E-state index is 0.690. The summed E-state index contributed by atoms with van der Waals surface area (Å²) in [7, 11) is 0. The second-order valence-corrected chi connectivity index (χ2v) is 6.02. The predicted octanol–water partition coefficient (Wildman–Crippen LogP) is 2.25. The fraction of sp³-hybridized carbons (Fsp3) is 0.750. The van der Waals surface area contributed by atoms with Crippen LogP contribution in [0.1, 0.15) is 26.0 Å². The van der Waals surface area contributed by atoms with Gasteiger partial charge in [-0.3, -0.25) is 0 Å². The van der Waals surface area contributed by atoms with Crippen LogP contribution in [0.5, 0.6) is 0 Å². The van der Waals surface area contributed by atoms with E-state index in [1.54, 1.807) is 11.3 Å². The van der Waals surface area contributed by atoms with Crippen LogP contribution in [-0.4, -0.2) is 29.5 Å². The first kappa shape index (κ1) is 11.9. The number of nitrogen functional groups attached to an aromatic ring is 1. The Kier molecular flexibility index (Phi) is 3.82. The van der Waals surface area contributed by atoms with E-state index in [4.69, 9.17) is 5.73 Å². The maximum Gasteiger partial charge on any atom is 0.180 e. The van der Waals surface area contributed by atoms with Gasteiger partial charge in [-0.15, -0.1) is 11.3 Å². The zero-order valence-corrected chi connectivity index (χ0v) is 11.0. The highest BCUT2D eigenvalue weighted by Crippen LogP contribution is 2.21. The van der Waals surface area contributed by atoms with E-state index in [0.29, 0.717) is 5.13 Å². The van der Waals surface area contributed by atoms with Crippen LogP contribution < -0.4 is 5.73 Å². The number of hydrogen-bond acceptors (Lipinski definition) is 4. The van der Waals surface area contributed by atoms with Gasteiger partial charge < -0.3 is 10.6 Å². The highest BCUT2D eigenvalue weighted by Gasteiger charge is 2.21. The van der Waals surface area contributed by atoms with Crippen LogP contribution >= 0.6 is 11.3 Å². The van der Waals surface area contributed by atoms with Crippen molar-refractivity contribution in [1.82, 2.24) is 9.88 Å². The molecular formula is C12H21N3S. The molecule has 0 amide bonds. The Morgan fingerprint density at radius 3 is 2.69 bits per heavy atom. The van der Waals surface area contributed by atoms with Crippen molar-refractivity contribution in [3.63, 3.8) is 0 Å². The fourth-order valence-electron chi connectivity index (χ4n) is 2.68. The van der Waals surface area contributed by atoms with E-state index in [0.717, 1.165) is 30.5 Å². The van der Waals surface area contributed by atoms with Crippen LogP contribution in [0.4, 0.5) is 5.13 Å². The predicted molar refractivity (Wildman–Crippen MR) is 69.6 cm³/mol. The molecule has 1 aromatic heterocycles. The molecule has 1 saturated heterocycles. The molecule has 0 saturated carbocycles. The minimum absolute atomic E-state index is 0.690. The number of aromatic nitrogens is 1. The Morgan fingerprint density at radius 1 is 1.44 bits per heavy atom. The molecule has 0 aromatic carbocycles. The lowest BCUT2D eigenvalue weighted by Crippen LogP contribution is -2.39. The molecule has 1 aromatic rings. The Hall–Kier alpha value is -0.610. The van der Waals surface area contributed by atoms with Crippen molar-refractivity contribution in [3.05, 3.63) is 11.1 Å². The van der Waals surface area contributed by atoms with Crippen molar-refractivity contribution in [3.8, 4) is 0 Å². The van der Waals surface area contributed by atoms with Crippen LogP contribution in [-0.2, 0) is 6.42 Å². The zero-order valence-electron chi connectivity index (χ0n) is 10.1. The van der Waals surface area contributed by atoms with E-state index in [2.05, 4.69) is 29.1 Å². The van der Waals surface area contributed by atoms with E-state index >= 15 is 0 Å². The van der Waals surface area contributed by atoms with E-state index in [1.807, 2.05) is 0 Å². The molecule has 2 rings (SSSR count). The Morgan fingerprint density at radius 2 is 2.12 bits per heavy atom. The Bertz CT molecular complexity index is 327. The molecule has 3 nitrogen and oxygen atoms in total. The summed E-state index contributed by atoms with van der Waals surface area (Å²) < 4.78 is 0. The number of hydrogen-bond donors (Lipinski definition) is 1. The molecule has 2 atom stereocenters. The van der Waals surface area contributed by atoms with E-state index in [9.17, 15) is 0 Å². The molecule has 1 aliphatic rings. The van der Waals surface area contributed by atoms with E-state index < -0.39 is 0 Å². The average Bonchev–Trinajstić information content (AvgIpc) is 2.60. The highest BCUT2D eigenvalue weighted by molar-refractivity contribution is 7.13. The number of anilines is 1. The van der Waals surface area contributed by atoms with Crippen LogP contribution in [0.15, 0.2) is 5.38 Å². The number of piperidine rings is 1. The fourth-order valence-corrected chi connectivity index (χ4v) is 3.28. The first-order valence-electron chi connectivity index (χ1n) is 6.05. The minimum Gasteiger partial charge on any atom is -0.375 e. The summed E-state index contributed by atoms with van der Waals surface area (Å²) in [5.41, 5.74) is 6.77. The van der Waals surface area contributed by atoms with Crippen molar-refractivity contribution in [2.45, 2.75) is 26.7 Å². The maximum atomic E-state index is 5.63. The average molecular weight is 239 g/mol. The van der Waals surface area contributed by atoms with Crippen molar-refractivity contribution in [2.75, 3.05) is 25.4 Å². The quantitative estimate of drug-likeness (QED) is 0.879.